The Morgan fingerprint density at radius 1 is 1.39 bits per heavy atom. The van der Waals surface area contributed by atoms with Gasteiger partial charge in [-0.15, -0.1) is 0 Å². The first-order chi connectivity index (χ1) is 8.52. The highest BCUT2D eigenvalue weighted by atomic mass is 16.5. The molecule has 5 nitrogen and oxygen atoms in total. The largest absolute Gasteiger partial charge is 0.463 e. The molecule has 0 spiro atoms. The van der Waals surface area contributed by atoms with E-state index in [0.717, 1.165) is 12.8 Å². The first kappa shape index (κ1) is 14.4. The second-order valence-corrected chi connectivity index (χ2v) is 4.77. The van der Waals surface area contributed by atoms with Crippen molar-refractivity contribution in [1.29, 1.82) is 0 Å². The van der Waals surface area contributed by atoms with Gasteiger partial charge >= 0.3 is 5.97 Å². The van der Waals surface area contributed by atoms with E-state index in [1.165, 1.54) is 7.11 Å². The summed E-state index contributed by atoms with van der Waals surface area (Å²) in [6.45, 7) is 6.50. The molecule has 1 rings (SSSR count). The summed E-state index contributed by atoms with van der Waals surface area (Å²) in [6.07, 6.45) is 3.77. The Hall–Kier alpha value is -1.65. The first-order valence-corrected chi connectivity index (χ1v) is 6.20. The Balaban J connectivity index is 2.59. The van der Waals surface area contributed by atoms with Crippen molar-refractivity contribution in [3.8, 4) is 0 Å². The van der Waals surface area contributed by atoms with Gasteiger partial charge in [0.05, 0.1) is 7.11 Å². The van der Waals surface area contributed by atoms with Gasteiger partial charge in [0.15, 0.2) is 0 Å². The lowest BCUT2D eigenvalue weighted by molar-refractivity contribution is 0.0587. The minimum Gasteiger partial charge on any atom is -0.463 e. The molecule has 1 N–H and O–H groups in total. The fourth-order valence-corrected chi connectivity index (χ4v) is 1.54. The van der Waals surface area contributed by atoms with Gasteiger partial charge in [0.25, 0.3) is 0 Å². The zero-order chi connectivity index (χ0) is 13.5. The van der Waals surface area contributed by atoms with Crippen molar-refractivity contribution < 1.29 is 9.53 Å². The molecule has 18 heavy (non-hydrogen) atoms. The number of anilines is 1. The summed E-state index contributed by atoms with van der Waals surface area (Å²) in [7, 11) is 1.32. The van der Waals surface area contributed by atoms with Crippen molar-refractivity contribution in [3.63, 3.8) is 0 Å². The van der Waals surface area contributed by atoms with Crippen molar-refractivity contribution in [2.45, 2.75) is 39.7 Å². The van der Waals surface area contributed by atoms with Crippen LogP contribution in [0.2, 0.25) is 0 Å². The number of carbonyl (C=O) groups excluding carboxylic acids is 1. The highest BCUT2D eigenvalue weighted by molar-refractivity contribution is 5.85. The molecule has 1 heterocycles. The van der Waals surface area contributed by atoms with Crippen LogP contribution in [0.1, 0.15) is 44.2 Å². The zero-order valence-electron chi connectivity index (χ0n) is 11.4. The molecule has 0 aliphatic heterocycles. The number of nitrogens with one attached hydrogen (secondary N) is 1. The average Bonchev–Trinajstić information content (AvgIpc) is 2.35. The van der Waals surface area contributed by atoms with Crippen LogP contribution in [0.25, 0.3) is 0 Å². The van der Waals surface area contributed by atoms with Crippen LogP contribution >= 0.6 is 0 Å². The topological polar surface area (TPSA) is 64.1 Å². The molecule has 0 aliphatic rings. The van der Waals surface area contributed by atoms with Crippen LogP contribution in [0.3, 0.4) is 0 Å². The molecule has 0 fully saturated rings. The third kappa shape index (κ3) is 4.69. The number of rotatable bonds is 6. The molecule has 0 aromatic carbocycles. The summed E-state index contributed by atoms with van der Waals surface area (Å²) >= 11 is 0. The van der Waals surface area contributed by atoms with E-state index in [4.69, 9.17) is 0 Å². The van der Waals surface area contributed by atoms with Crippen LogP contribution in [0, 0.1) is 5.92 Å². The van der Waals surface area contributed by atoms with E-state index in [2.05, 4.69) is 40.8 Å². The van der Waals surface area contributed by atoms with E-state index in [0.29, 0.717) is 17.8 Å². The van der Waals surface area contributed by atoms with Gasteiger partial charge in [-0.25, -0.2) is 14.8 Å². The second-order valence-electron chi connectivity index (χ2n) is 4.77. The maximum atomic E-state index is 11.3. The predicted molar refractivity (Wildman–Crippen MR) is 70.5 cm³/mol. The third-order valence-corrected chi connectivity index (χ3v) is 2.59. The predicted octanol–water partition coefficient (Wildman–Crippen LogP) is 2.50. The normalized spacial score (nSPS) is 12.3. The molecule has 0 saturated carbocycles. The molecule has 1 atom stereocenters. The Labute approximate surface area is 108 Å². The molecule has 0 aliphatic carbocycles. The third-order valence-electron chi connectivity index (χ3n) is 2.59. The summed E-state index contributed by atoms with van der Waals surface area (Å²) in [6, 6.07) is 2.06. The van der Waals surface area contributed by atoms with Crippen molar-refractivity contribution in [3.05, 3.63) is 18.1 Å². The summed E-state index contributed by atoms with van der Waals surface area (Å²) in [5.74, 6) is 0.902. The minimum atomic E-state index is -0.520. The molecule has 1 unspecified atom stereocenters. The molecule has 1 aromatic rings. The monoisotopic (exact) mass is 251 g/mol. The number of nitrogens with zero attached hydrogens (tertiary/aromatic N) is 2. The van der Waals surface area contributed by atoms with Gasteiger partial charge in [0.1, 0.15) is 5.82 Å². The lowest BCUT2D eigenvalue weighted by Crippen LogP contribution is -2.18. The first-order valence-electron chi connectivity index (χ1n) is 6.20. The van der Waals surface area contributed by atoms with Crippen LogP contribution in [0.15, 0.2) is 12.3 Å². The molecule has 100 valence electrons. The number of aromatic nitrogens is 2. The van der Waals surface area contributed by atoms with E-state index in [1.54, 1.807) is 12.3 Å². The van der Waals surface area contributed by atoms with Crippen LogP contribution in [-0.4, -0.2) is 29.1 Å². The van der Waals surface area contributed by atoms with E-state index in [-0.39, 0.29) is 5.82 Å². The molecule has 1 aromatic heterocycles. The van der Waals surface area contributed by atoms with Crippen molar-refractivity contribution >= 4 is 11.8 Å². The minimum absolute atomic E-state index is 0.0820. The maximum Gasteiger partial charge on any atom is 0.376 e. The molecule has 0 amide bonds. The summed E-state index contributed by atoms with van der Waals surface area (Å²) in [4.78, 5) is 19.3. The van der Waals surface area contributed by atoms with Gasteiger partial charge in [-0.2, -0.15) is 0 Å². The fraction of sp³-hybridized carbons (Fsp3) is 0.615. The van der Waals surface area contributed by atoms with Crippen LogP contribution in [-0.2, 0) is 4.74 Å². The molecule has 0 radical (unpaired) electrons. The second kappa shape index (κ2) is 6.93. The van der Waals surface area contributed by atoms with Crippen LogP contribution in [0.4, 0.5) is 5.82 Å². The van der Waals surface area contributed by atoms with E-state index in [9.17, 15) is 4.79 Å². The number of carbonyl (C=O) groups is 1. The van der Waals surface area contributed by atoms with E-state index >= 15 is 0 Å². The summed E-state index contributed by atoms with van der Waals surface area (Å²) in [5, 5.41) is 3.26. The molecular weight excluding hydrogens is 230 g/mol. The van der Waals surface area contributed by atoms with Crippen molar-refractivity contribution in [2.75, 3.05) is 12.4 Å². The van der Waals surface area contributed by atoms with Crippen LogP contribution < -0.4 is 5.32 Å². The number of hydrogen-bond acceptors (Lipinski definition) is 5. The van der Waals surface area contributed by atoms with E-state index < -0.39 is 5.97 Å². The Bertz CT molecular complexity index is 394. The maximum absolute atomic E-state index is 11.3. The van der Waals surface area contributed by atoms with E-state index in [1.807, 2.05) is 0 Å². The van der Waals surface area contributed by atoms with Gasteiger partial charge in [-0.1, -0.05) is 13.8 Å². The quantitative estimate of drug-likeness (QED) is 0.787. The number of hydrogen-bond donors (Lipinski definition) is 1. The zero-order valence-corrected chi connectivity index (χ0v) is 11.4. The van der Waals surface area contributed by atoms with Gasteiger partial charge < -0.3 is 10.1 Å². The highest BCUT2D eigenvalue weighted by Crippen LogP contribution is 2.11. The molecule has 0 bridgehead atoms. The Morgan fingerprint density at radius 2 is 2.11 bits per heavy atom. The number of methoxy groups -OCH3 is 1. The Morgan fingerprint density at radius 3 is 2.72 bits per heavy atom. The lowest BCUT2D eigenvalue weighted by atomic mass is 10.0. The lowest BCUT2D eigenvalue weighted by Gasteiger charge is -2.15. The van der Waals surface area contributed by atoms with Crippen molar-refractivity contribution in [1.82, 2.24) is 9.97 Å². The number of ether oxygens (including phenoxy) is 1. The van der Waals surface area contributed by atoms with Gasteiger partial charge in [0, 0.05) is 12.2 Å². The Kier molecular flexibility index (Phi) is 5.55. The highest BCUT2D eigenvalue weighted by Gasteiger charge is 2.10. The van der Waals surface area contributed by atoms with Gasteiger partial charge in [-0.3, -0.25) is 0 Å². The average molecular weight is 251 g/mol. The molecule has 5 heteroatoms. The van der Waals surface area contributed by atoms with Crippen molar-refractivity contribution in [2.24, 2.45) is 5.92 Å². The van der Waals surface area contributed by atoms with Gasteiger partial charge in [-0.05, 0) is 31.7 Å². The smallest absolute Gasteiger partial charge is 0.376 e. The SMILES string of the molecule is COC(=O)c1nccc(NC(C)CCC(C)C)n1. The van der Waals surface area contributed by atoms with Gasteiger partial charge in [0.2, 0.25) is 5.82 Å². The fourth-order valence-electron chi connectivity index (χ4n) is 1.54. The van der Waals surface area contributed by atoms with Crippen LogP contribution in [0.5, 0.6) is 0 Å². The number of esters is 1. The molecule has 0 saturated heterocycles. The standard InChI is InChI=1S/C13H21N3O2/c1-9(2)5-6-10(3)15-11-7-8-14-12(16-11)13(17)18-4/h7-10H,5-6H2,1-4H3,(H,14,15,16). The molecular formula is C13H21N3O2. The summed E-state index contributed by atoms with van der Waals surface area (Å²) in [5.41, 5.74) is 0. The summed E-state index contributed by atoms with van der Waals surface area (Å²) < 4.78 is 4.58.